The molecular weight excluding hydrogens is 262 g/mol. The van der Waals surface area contributed by atoms with Gasteiger partial charge in [-0.05, 0) is 13.3 Å². The second-order valence-electron chi connectivity index (χ2n) is 4.61. The maximum absolute atomic E-state index is 11.6. The van der Waals surface area contributed by atoms with Gasteiger partial charge in [0.2, 0.25) is 0 Å². The van der Waals surface area contributed by atoms with Crippen LogP contribution in [0.2, 0.25) is 0 Å². The maximum Gasteiger partial charge on any atom is 0.151 e. The zero-order valence-corrected chi connectivity index (χ0v) is 12.1. The molecule has 2 unspecified atom stereocenters. The number of halogens is 1. The van der Waals surface area contributed by atoms with Gasteiger partial charge in [0.1, 0.15) is 0 Å². The Balaban J connectivity index is 2.44. The summed E-state index contributed by atoms with van der Waals surface area (Å²) >= 11 is 5.76. The topological polar surface area (TPSA) is 46.6 Å². The molecule has 1 heterocycles. The molecule has 0 saturated carbocycles. The SMILES string of the molecule is CCCS(=O)(=O)CCN1CC(CCl)OCC1C. The van der Waals surface area contributed by atoms with Gasteiger partial charge in [-0.2, -0.15) is 0 Å². The van der Waals surface area contributed by atoms with Crippen molar-refractivity contribution in [3.05, 3.63) is 0 Å². The van der Waals surface area contributed by atoms with Gasteiger partial charge in [0.05, 0.1) is 18.5 Å². The Labute approximate surface area is 109 Å². The predicted octanol–water partition coefficient (Wildman–Crippen LogP) is 1.14. The van der Waals surface area contributed by atoms with Crippen molar-refractivity contribution in [3.8, 4) is 0 Å². The average molecular weight is 284 g/mol. The fraction of sp³-hybridized carbons (Fsp3) is 1.00. The van der Waals surface area contributed by atoms with Crippen molar-refractivity contribution in [1.82, 2.24) is 4.90 Å². The summed E-state index contributed by atoms with van der Waals surface area (Å²) in [7, 11) is -2.89. The van der Waals surface area contributed by atoms with Crippen LogP contribution in [0.4, 0.5) is 0 Å². The number of morpholine rings is 1. The molecule has 0 N–H and O–H groups in total. The van der Waals surface area contributed by atoms with E-state index < -0.39 is 9.84 Å². The molecule has 1 saturated heterocycles. The summed E-state index contributed by atoms with van der Waals surface area (Å²) < 4.78 is 28.8. The molecule has 6 heteroatoms. The lowest BCUT2D eigenvalue weighted by Gasteiger charge is -2.37. The van der Waals surface area contributed by atoms with E-state index in [1.165, 1.54) is 0 Å². The molecule has 17 heavy (non-hydrogen) atoms. The lowest BCUT2D eigenvalue weighted by Crippen LogP contribution is -2.50. The van der Waals surface area contributed by atoms with Gasteiger partial charge in [0, 0.05) is 30.8 Å². The van der Waals surface area contributed by atoms with Gasteiger partial charge in [-0.15, -0.1) is 11.6 Å². The summed E-state index contributed by atoms with van der Waals surface area (Å²) in [6.45, 7) is 5.88. The van der Waals surface area contributed by atoms with Crippen LogP contribution in [-0.2, 0) is 14.6 Å². The molecule has 0 aromatic rings. The molecule has 0 amide bonds. The van der Waals surface area contributed by atoms with Crippen molar-refractivity contribution in [2.24, 2.45) is 0 Å². The Morgan fingerprint density at radius 2 is 2.12 bits per heavy atom. The second kappa shape index (κ2) is 6.92. The van der Waals surface area contributed by atoms with E-state index in [1.807, 2.05) is 6.92 Å². The smallest absolute Gasteiger partial charge is 0.151 e. The van der Waals surface area contributed by atoms with Crippen LogP contribution in [0.15, 0.2) is 0 Å². The zero-order valence-electron chi connectivity index (χ0n) is 10.6. The van der Waals surface area contributed by atoms with Crippen molar-refractivity contribution in [1.29, 1.82) is 0 Å². The molecule has 0 radical (unpaired) electrons. The van der Waals surface area contributed by atoms with Crippen LogP contribution in [0.5, 0.6) is 0 Å². The van der Waals surface area contributed by atoms with Crippen molar-refractivity contribution in [2.75, 3.05) is 37.1 Å². The monoisotopic (exact) mass is 283 g/mol. The highest BCUT2D eigenvalue weighted by Gasteiger charge is 2.26. The van der Waals surface area contributed by atoms with Crippen LogP contribution in [0.1, 0.15) is 20.3 Å². The van der Waals surface area contributed by atoms with Crippen molar-refractivity contribution >= 4 is 21.4 Å². The molecule has 1 aliphatic heterocycles. The first-order valence-corrected chi connectivity index (χ1v) is 8.46. The number of nitrogens with zero attached hydrogens (tertiary/aromatic N) is 1. The summed E-state index contributed by atoms with van der Waals surface area (Å²) in [6, 6.07) is 0.270. The molecule has 1 fully saturated rings. The van der Waals surface area contributed by atoms with Crippen molar-refractivity contribution in [2.45, 2.75) is 32.4 Å². The first kappa shape index (κ1) is 15.2. The van der Waals surface area contributed by atoms with E-state index in [4.69, 9.17) is 16.3 Å². The molecular formula is C11H22ClNO3S. The van der Waals surface area contributed by atoms with Crippen LogP contribution in [-0.4, -0.2) is 62.5 Å². The minimum atomic E-state index is -2.89. The summed E-state index contributed by atoms with van der Waals surface area (Å²) in [6.07, 6.45) is 0.715. The Bertz CT molecular complexity index is 321. The molecule has 1 aliphatic rings. The number of hydrogen-bond acceptors (Lipinski definition) is 4. The Kier molecular flexibility index (Phi) is 6.20. The van der Waals surface area contributed by atoms with E-state index in [0.717, 1.165) is 6.54 Å². The van der Waals surface area contributed by atoms with Gasteiger partial charge >= 0.3 is 0 Å². The van der Waals surface area contributed by atoms with Gasteiger partial charge in [-0.1, -0.05) is 6.92 Å². The van der Waals surface area contributed by atoms with Crippen LogP contribution < -0.4 is 0 Å². The highest BCUT2D eigenvalue weighted by molar-refractivity contribution is 7.91. The van der Waals surface area contributed by atoms with Crippen LogP contribution in [0, 0.1) is 0 Å². The molecule has 4 nitrogen and oxygen atoms in total. The van der Waals surface area contributed by atoms with Crippen molar-refractivity contribution < 1.29 is 13.2 Å². The number of hydrogen-bond donors (Lipinski definition) is 0. The zero-order chi connectivity index (χ0) is 12.9. The number of sulfone groups is 1. The first-order valence-electron chi connectivity index (χ1n) is 6.10. The van der Waals surface area contributed by atoms with E-state index in [-0.39, 0.29) is 23.7 Å². The molecule has 102 valence electrons. The number of rotatable bonds is 6. The second-order valence-corrected chi connectivity index (χ2v) is 7.22. The van der Waals surface area contributed by atoms with Gasteiger partial charge in [-0.3, -0.25) is 4.90 Å². The van der Waals surface area contributed by atoms with Crippen LogP contribution >= 0.6 is 11.6 Å². The highest BCUT2D eigenvalue weighted by Crippen LogP contribution is 2.12. The van der Waals surface area contributed by atoms with Gasteiger partial charge in [-0.25, -0.2) is 8.42 Å². The minimum Gasteiger partial charge on any atom is -0.374 e. The number of alkyl halides is 1. The summed E-state index contributed by atoms with van der Waals surface area (Å²) in [4.78, 5) is 2.16. The lowest BCUT2D eigenvalue weighted by atomic mass is 10.2. The van der Waals surface area contributed by atoms with Crippen LogP contribution in [0.3, 0.4) is 0 Å². The fourth-order valence-corrected chi connectivity index (χ4v) is 3.47. The largest absolute Gasteiger partial charge is 0.374 e. The molecule has 0 spiro atoms. The first-order chi connectivity index (χ1) is 7.98. The third-order valence-electron chi connectivity index (χ3n) is 3.01. The minimum absolute atomic E-state index is 0.0294. The lowest BCUT2D eigenvalue weighted by molar-refractivity contribution is -0.0452. The molecule has 0 aliphatic carbocycles. The standard InChI is InChI=1S/C11H22ClNO3S/c1-3-5-17(14,15)6-4-13-8-11(7-12)16-9-10(13)2/h10-11H,3-9H2,1-2H3. The van der Waals surface area contributed by atoms with E-state index >= 15 is 0 Å². The molecule has 0 aromatic heterocycles. The summed E-state index contributed by atoms with van der Waals surface area (Å²) in [5, 5.41) is 0. The quantitative estimate of drug-likeness (QED) is 0.686. The van der Waals surface area contributed by atoms with E-state index in [0.29, 0.717) is 25.5 Å². The number of ether oxygens (including phenoxy) is 1. The molecule has 0 bridgehead atoms. The summed E-state index contributed by atoms with van der Waals surface area (Å²) in [5.41, 5.74) is 0. The van der Waals surface area contributed by atoms with Gasteiger partial charge in [0.25, 0.3) is 0 Å². The van der Waals surface area contributed by atoms with E-state index in [1.54, 1.807) is 0 Å². The van der Waals surface area contributed by atoms with Crippen LogP contribution in [0.25, 0.3) is 0 Å². The third kappa shape index (κ3) is 5.12. The van der Waals surface area contributed by atoms with E-state index in [9.17, 15) is 8.42 Å². The fourth-order valence-electron chi connectivity index (χ4n) is 1.95. The van der Waals surface area contributed by atoms with Gasteiger partial charge < -0.3 is 4.74 Å². The molecule has 2 atom stereocenters. The normalized spacial score (nSPS) is 27.2. The Morgan fingerprint density at radius 1 is 1.41 bits per heavy atom. The Hall–Kier alpha value is 0.160. The highest BCUT2D eigenvalue weighted by atomic mass is 35.5. The summed E-state index contributed by atoms with van der Waals surface area (Å²) in [5.74, 6) is 0.982. The maximum atomic E-state index is 11.6. The predicted molar refractivity (Wildman–Crippen MR) is 70.4 cm³/mol. The molecule has 0 aromatic carbocycles. The van der Waals surface area contributed by atoms with Crippen molar-refractivity contribution in [3.63, 3.8) is 0 Å². The average Bonchev–Trinajstić information content (AvgIpc) is 2.28. The Morgan fingerprint density at radius 3 is 2.71 bits per heavy atom. The third-order valence-corrected chi connectivity index (χ3v) is 5.19. The molecule has 1 rings (SSSR count). The van der Waals surface area contributed by atoms with Gasteiger partial charge in [0.15, 0.2) is 9.84 Å². The van der Waals surface area contributed by atoms with E-state index in [2.05, 4.69) is 11.8 Å².